The van der Waals surface area contributed by atoms with Crippen LogP contribution >= 0.6 is 0 Å². The van der Waals surface area contributed by atoms with Gasteiger partial charge in [-0.15, -0.1) is 0 Å². The molecule has 0 saturated heterocycles. The number of rotatable bonds is 2. The lowest BCUT2D eigenvalue weighted by Gasteiger charge is -2.01. The normalized spacial score (nSPS) is 10.5. The molecule has 15 heavy (non-hydrogen) atoms. The SMILES string of the molecule is COc1cccc2c1c(C(=O)O)nn2C. The van der Waals surface area contributed by atoms with E-state index in [1.807, 2.05) is 0 Å². The molecule has 5 heteroatoms. The summed E-state index contributed by atoms with van der Waals surface area (Å²) in [4.78, 5) is 11.0. The number of aryl methyl sites for hydroxylation is 1. The molecule has 1 heterocycles. The first kappa shape index (κ1) is 9.51. The first-order chi connectivity index (χ1) is 7.15. The Morgan fingerprint density at radius 3 is 2.87 bits per heavy atom. The van der Waals surface area contributed by atoms with E-state index in [4.69, 9.17) is 9.84 Å². The van der Waals surface area contributed by atoms with Crippen molar-refractivity contribution in [1.29, 1.82) is 0 Å². The van der Waals surface area contributed by atoms with E-state index in [1.165, 1.54) is 11.8 Å². The number of benzene rings is 1. The summed E-state index contributed by atoms with van der Waals surface area (Å²) in [6.07, 6.45) is 0. The fourth-order valence-electron chi connectivity index (χ4n) is 1.60. The molecule has 1 aromatic carbocycles. The molecule has 0 aliphatic carbocycles. The van der Waals surface area contributed by atoms with Crippen LogP contribution in [0.15, 0.2) is 18.2 Å². The number of hydrogen-bond acceptors (Lipinski definition) is 3. The molecule has 0 aliphatic rings. The maximum Gasteiger partial charge on any atom is 0.357 e. The number of carboxylic acid groups (broad SMARTS) is 1. The summed E-state index contributed by atoms with van der Waals surface area (Å²) in [7, 11) is 3.21. The maximum atomic E-state index is 11.0. The number of hydrogen-bond donors (Lipinski definition) is 1. The molecular weight excluding hydrogens is 196 g/mol. The van der Waals surface area contributed by atoms with E-state index in [1.54, 1.807) is 25.2 Å². The van der Waals surface area contributed by atoms with Gasteiger partial charge in [0.2, 0.25) is 0 Å². The van der Waals surface area contributed by atoms with Gasteiger partial charge < -0.3 is 9.84 Å². The van der Waals surface area contributed by atoms with Crippen molar-refractivity contribution in [3.8, 4) is 5.75 Å². The summed E-state index contributed by atoms with van der Waals surface area (Å²) in [5, 5.41) is 13.5. The van der Waals surface area contributed by atoms with Crippen molar-refractivity contribution in [2.45, 2.75) is 0 Å². The third kappa shape index (κ3) is 1.32. The van der Waals surface area contributed by atoms with Crippen LogP contribution in [0, 0.1) is 0 Å². The predicted octanol–water partition coefficient (Wildman–Crippen LogP) is 1.28. The number of methoxy groups -OCH3 is 1. The van der Waals surface area contributed by atoms with Crippen LogP contribution in [0.3, 0.4) is 0 Å². The molecule has 0 bridgehead atoms. The molecule has 1 N–H and O–H groups in total. The Bertz CT molecular complexity index is 531. The highest BCUT2D eigenvalue weighted by Crippen LogP contribution is 2.28. The molecule has 0 atom stereocenters. The zero-order valence-electron chi connectivity index (χ0n) is 8.39. The Morgan fingerprint density at radius 2 is 2.27 bits per heavy atom. The average Bonchev–Trinajstić information content (AvgIpc) is 2.56. The topological polar surface area (TPSA) is 64.3 Å². The highest BCUT2D eigenvalue weighted by Gasteiger charge is 2.18. The molecule has 0 aliphatic heterocycles. The first-order valence-electron chi connectivity index (χ1n) is 4.38. The summed E-state index contributed by atoms with van der Waals surface area (Å²) < 4.78 is 6.64. The quantitative estimate of drug-likeness (QED) is 0.803. The minimum absolute atomic E-state index is 0.0185. The molecule has 5 nitrogen and oxygen atoms in total. The van der Waals surface area contributed by atoms with Gasteiger partial charge in [0.15, 0.2) is 5.69 Å². The van der Waals surface area contributed by atoms with E-state index in [2.05, 4.69) is 5.10 Å². The Kier molecular flexibility index (Phi) is 2.07. The summed E-state index contributed by atoms with van der Waals surface area (Å²) in [6, 6.07) is 5.32. The van der Waals surface area contributed by atoms with Crippen LogP contribution in [0.25, 0.3) is 10.9 Å². The Labute approximate surface area is 85.9 Å². The highest BCUT2D eigenvalue weighted by atomic mass is 16.5. The van der Waals surface area contributed by atoms with Gasteiger partial charge in [-0.25, -0.2) is 4.79 Å². The van der Waals surface area contributed by atoms with E-state index in [0.717, 1.165) is 5.52 Å². The number of carboxylic acids is 1. The first-order valence-corrected chi connectivity index (χ1v) is 4.38. The predicted molar refractivity (Wildman–Crippen MR) is 54.2 cm³/mol. The largest absolute Gasteiger partial charge is 0.496 e. The average molecular weight is 206 g/mol. The van der Waals surface area contributed by atoms with Crippen molar-refractivity contribution in [2.24, 2.45) is 7.05 Å². The molecule has 1 aromatic heterocycles. The molecule has 0 saturated carbocycles. The highest BCUT2D eigenvalue weighted by molar-refractivity contribution is 6.04. The zero-order chi connectivity index (χ0) is 11.0. The summed E-state index contributed by atoms with van der Waals surface area (Å²) in [6.45, 7) is 0. The molecule has 0 amide bonds. The molecule has 0 spiro atoms. The van der Waals surface area contributed by atoms with E-state index < -0.39 is 5.97 Å². The van der Waals surface area contributed by atoms with E-state index in [0.29, 0.717) is 11.1 Å². The van der Waals surface area contributed by atoms with Gasteiger partial charge in [-0.2, -0.15) is 5.10 Å². The molecule has 0 radical (unpaired) electrons. The smallest absolute Gasteiger partial charge is 0.357 e. The standard InChI is InChI=1S/C10H10N2O3/c1-12-6-4-3-5-7(15-2)8(6)9(11-12)10(13)14/h3-5H,1-2H3,(H,13,14). The van der Waals surface area contributed by atoms with Crippen LogP contribution in [0.4, 0.5) is 0 Å². The fraction of sp³-hybridized carbons (Fsp3) is 0.200. The fourth-order valence-corrected chi connectivity index (χ4v) is 1.60. The molecule has 0 unspecified atom stereocenters. The van der Waals surface area contributed by atoms with Gasteiger partial charge in [-0.1, -0.05) is 6.07 Å². The van der Waals surface area contributed by atoms with Crippen LogP contribution in [-0.4, -0.2) is 28.0 Å². The van der Waals surface area contributed by atoms with Gasteiger partial charge >= 0.3 is 5.97 Å². The summed E-state index contributed by atoms with van der Waals surface area (Å²) >= 11 is 0. The molecule has 78 valence electrons. The third-order valence-electron chi connectivity index (χ3n) is 2.26. The van der Waals surface area contributed by atoms with Gasteiger partial charge in [0.05, 0.1) is 18.0 Å². The third-order valence-corrected chi connectivity index (χ3v) is 2.26. The Morgan fingerprint density at radius 1 is 1.53 bits per heavy atom. The van der Waals surface area contributed by atoms with Crippen LogP contribution < -0.4 is 4.74 Å². The summed E-state index contributed by atoms with van der Waals surface area (Å²) in [5.41, 5.74) is 0.761. The van der Waals surface area contributed by atoms with Gasteiger partial charge in [0.1, 0.15) is 5.75 Å². The lowest BCUT2D eigenvalue weighted by atomic mass is 10.2. The second kappa shape index (κ2) is 3.27. The molecule has 2 rings (SSSR count). The van der Waals surface area contributed by atoms with Gasteiger partial charge in [-0.05, 0) is 12.1 Å². The van der Waals surface area contributed by atoms with Crippen LogP contribution in [0.2, 0.25) is 0 Å². The van der Waals surface area contributed by atoms with E-state index in [-0.39, 0.29) is 5.69 Å². The van der Waals surface area contributed by atoms with Crippen molar-refractivity contribution in [2.75, 3.05) is 7.11 Å². The second-order valence-electron chi connectivity index (χ2n) is 3.13. The molecule has 2 aromatic rings. The van der Waals surface area contributed by atoms with Crippen molar-refractivity contribution in [1.82, 2.24) is 9.78 Å². The molecule has 0 fully saturated rings. The number of carbonyl (C=O) groups is 1. The monoisotopic (exact) mass is 206 g/mol. The number of aromatic carboxylic acids is 1. The van der Waals surface area contributed by atoms with E-state index in [9.17, 15) is 4.79 Å². The number of ether oxygens (including phenoxy) is 1. The minimum Gasteiger partial charge on any atom is -0.496 e. The van der Waals surface area contributed by atoms with Crippen molar-refractivity contribution in [3.63, 3.8) is 0 Å². The van der Waals surface area contributed by atoms with Crippen molar-refractivity contribution >= 4 is 16.9 Å². The number of aromatic nitrogens is 2. The summed E-state index contributed by atoms with van der Waals surface area (Å²) in [5.74, 6) is -0.525. The Balaban J connectivity index is 2.88. The van der Waals surface area contributed by atoms with Gasteiger partial charge in [0.25, 0.3) is 0 Å². The van der Waals surface area contributed by atoms with Crippen LogP contribution in [0.1, 0.15) is 10.5 Å². The van der Waals surface area contributed by atoms with Crippen LogP contribution in [0.5, 0.6) is 5.75 Å². The molecular formula is C10H10N2O3. The number of fused-ring (bicyclic) bond motifs is 1. The lowest BCUT2D eigenvalue weighted by Crippen LogP contribution is -1.99. The van der Waals surface area contributed by atoms with Crippen LogP contribution in [-0.2, 0) is 7.05 Å². The minimum atomic E-state index is -1.05. The maximum absolute atomic E-state index is 11.0. The lowest BCUT2D eigenvalue weighted by molar-refractivity contribution is 0.0691. The van der Waals surface area contributed by atoms with Crippen molar-refractivity contribution < 1.29 is 14.6 Å². The zero-order valence-corrected chi connectivity index (χ0v) is 8.39. The van der Waals surface area contributed by atoms with Crippen molar-refractivity contribution in [3.05, 3.63) is 23.9 Å². The van der Waals surface area contributed by atoms with Gasteiger partial charge in [0, 0.05) is 7.05 Å². The number of nitrogens with zero attached hydrogens (tertiary/aromatic N) is 2. The van der Waals surface area contributed by atoms with E-state index >= 15 is 0 Å². The second-order valence-corrected chi connectivity index (χ2v) is 3.13. The van der Waals surface area contributed by atoms with Gasteiger partial charge in [-0.3, -0.25) is 4.68 Å². The Hall–Kier alpha value is -2.04.